The van der Waals surface area contributed by atoms with Crippen LogP contribution in [0.2, 0.25) is 5.02 Å². The van der Waals surface area contributed by atoms with Crippen LogP contribution in [0.15, 0.2) is 28.7 Å². The molecule has 0 saturated heterocycles. The second-order valence-electron chi connectivity index (χ2n) is 4.72. The minimum absolute atomic E-state index is 0.342. The summed E-state index contributed by atoms with van der Waals surface area (Å²) in [5.41, 5.74) is 8.32. The van der Waals surface area contributed by atoms with Crippen molar-refractivity contribution in [2.24, 2.45) is 5.73 Å². The van der Waals surface area contributed by atoms with Gasteiger partial charge in [0.25, 0.3) is 0 Å². The molecule has 100 valence electrons. The molecule has 3 rings (SSSR count). The lowest BCUT2D eigenvalue weighted by Crippen LogP contribution is -2.12. The highest BCUT2D eigenvalue weighted by atomic mass is 35.5. The number of nitrogens with two attached hydrogens (primary N) is 1. The van der Waals surface area contributed by atoms with Gasteiger partial charge in [-0.3, -0.25) is 0 Å². The van der Waals surface area contributed by atoms with Crippen LogP contribution in [0.5, 0.6) is 5.75 Å². The van der Waals surface area contributed by atoms with E-state index in [1.54, 1.807) is 0 Å². The molecule has 0 radical (unpaired) electrons. The third kappa shape index (κ3) is 2.24. The number of furan rings is 1. The molecule has 2 N–H and O–H groups in total. The second-order valence-corrected chi connectivity index (χ2v) is 5.15. The van der Waals surface area contributed by atoms with Crippen LogP contribution in [0.4, 0.5) is 0 Å². The highest BCUT2D eigenvalue weighted by Crippen LogP contribution is 2.37. The van der Waals surface area contributed by atoms with Crippen LogP contribution >= 0.6 is 11.6 Å². The molecule has 1 atom stereocenters. The Hall–Kier alpha value is -1.45. The molecule has 1 aromatic carbocycles. The first-order chi connectivity index (χ1) is 9.19. The molecule has 3 nitrogen and oxygen atoms in total. The first-order valence-electron chi connectivity index (χ1n) is 6.48. The Labute approximate surface area is 117 Å². The summed E-state index contributed by atoms with van der Waals surface area (Å²) in [4.78, 5) is 0. The van der Waals surface area contributed by atoms with Gasteiger partial charge in [-0.1, -0.05) is 18.5 Å². The average molecular weight is 278 g/mol. The summed E-state index contributed by atoms with van der Waals surface area (Å²) < 4.78 is 11.4. The Bertz CT molecular complexity index is 606. The number of rotatable bonds is 3. The van der Waals surface area contributed by atoms with E-state index in [9.17, 15) is 0 Å². The van der Waals surface area contributed by atoms with E-state index >= 15 is 0 Å². The van der Waals surface area contributed by atoms with E-state index in [4.69, 9.17) is 26.5 Å². The van der Waals surface area contributed by atoms with Crippen molar-refractivity contribution in [2.75, 3.05) is 6.61 Å². The van der Waals surface area contributed by atoms with Gasteiger partial charge < -0.3 is 14.9 Å². The number of halogens is 1. The molecule has 0 amide bonds. The Morgan fingerprint density at radius 1 is 1.37 bits per heavy atom. The van der Waals surface area contributed by atoms with E-state index in [1.165, 1.54) is 0 Å². The van der Waals surface area contributed by atoms with E-state index in [-0.39, 0.29) is 6.04 Å². The lowest BCUT2D eigenvalue weighted by Gasteiger charge is -2.14. The average Bonchev–Trinajstić information content (AvgIpc) is 3.04. The molecule has 2 heterocycles. The van der Waals surface area contributed by atoms with E-state index in [0.717, 1.165) is 41.2 Å². The molecule has 4 heteroatoms. The van der Waals surface area contributed by atoms with Crippen LogP contribution in [-0.2, 0) is 12.8 Å². The number of ether oxygens (including phenoxy) is 1. The molecule has 1 aliphatic heterocycles. The topological polar surface area (TPSA) is 48.4 Å². The monoisotopic (exact) mass is 277 g/mol. The molecule has 1 unspecified atom stereocenters. The Morgan fingerprint density at radius 3 is 2.95 bits per heavy atom. The maximum absolute atomic E-state index is 6.29. The van der Waals surface area contributed by atoms with Gasteiger partial charge in [0.05, 0.1) is 12.6 Å². The summed E-state index contributed by atoms with van der Waals surface area (Å²) >= 11 is 6.15. The molecule has 0 aliphatic carbocycles. The molecule has 0 fully saturated rings. The Morgan fingerprint density at radius 2 is 2.21 bits per heavy atom. The van der Waals surface area contributed by atoms with Crippen LogP contribution in [0.3, 0.4) is 0 Å². The van der Waals surface area contributed by atoms with Gasteiger partial charge in [0.2, 0.25) is 0 Å². The standard InChI is InChI=1S/C15H16ClNO2/c1-2-11-3-4-13(19-11)14(17)12-8-10(16)7-9-5-6-18-15(9)12/h3-4,7-8,14H,2,5-6,17H2,1H3. The summed E-state index contributed by atoms with van der Waals surface area (Å²) in [6.07, 6.45) is 1.74. The van der Waals surface area contributed by atoms with E-state index in [2.05, 4.69) is 0 Å². The normalized spacial score (nSPS) is 15.1. The van der Waals surface area contributed by atoms with Crippen LogP contribution in [0.25, 0.3) is 0 Å². The van der Waals surface area contributed by atoms with Gasteiger partial charge in [-0.25, -0.2) is 0 Å². The summed E-state index contributed by atoms with van der Waals surface area (Å²) in [6, 6.07) is 7.35. The Kier molecular flexibility index (Phi) is 3.25. The number of hydrogen-bond donors (Lipinski definition) is 1. The lowest BCUT2D eigenvalue weighted by atomic mass is 10.0. The van der Waals surface area contributed by atoms with Crippen molar-refractivity contribution >= 4 is 11.6 Å². The summed E-state index contributed by atoms with van der Waals surface area (Å²) in [6.45, 7) is 2.74. The zero-order valence-electron chi connectivity index (χ0n) is 10.8. The van der Waals surface area contributed by atoms with Crippen molar-refractivity contribution in [1.82, 2.24) is 0 Å². The van der Waals surface area contributed by atoms with Crippen molar-refractivity contribution in [3.05, 3.63) is 51.9 Å². The van der Waals surface area contributed by atoms with Gasteiger partial charge in [-0.05, 0) is 29.8 Å². The van der Waals surface area contributed by atoms with Gasteiger partial charge in [0, 0.05) is 23.4 Å². The van der Waals surface area contributed by atoms with Gasteiger partial charge in [-0.15, -0.1) is 0 Å². The van der Waals surface area contributed by atoms with Crippen molar-refractivity contribution in [1.29, 1.82) is 0 Å². The van der Waals surface area contributed by atoms with Crippen LogP contribution in [0.1, 0.15) is 35.6 Å². The highest BCUT2D eigenvalue weighted by molar-refractivity contribution is 6.30. The van der Waals surface area contributed by atoms with E-state index in [0.29, 0.717) is 11.6 Å². The molecule has 0 saturated carbocycles. The van der Waals surface area contributed by atoms with Crippen LogP contribution < -0.4 is 10.5 Å². The SMILES string of the molecule is CCc1ccc(C(N)c2cc(Cl)cc3c2OCC3)o1. The van der Waals surface area contributed by atoms with Gasteiger partial charge in [0.15, 0.2) is 0 Å². The van der Waals surface area contributed by atoms with E-state index < -0.39 is 0 Å². The van der Waals surface area contributed by atoms with Crippen molar-refractivity contribution in [3.63, 3.8) is 0 Å². The van der Waals surface area contributed by atoms with Crippen molar-refractivity contribution in [2.45, 2.75) is 25.8 Å². The number of aryl methyl sites for hydroxylation is 1. The van der Waals surface area contributed by atoms with Gasteiger partial charge in [0.1, 0.15) is 17.3 Å². The fourth-order valence-electron chi connectivity index (χ4n) is 2.43. The first kappa shape index (κ1) is 12.6. The van der Waals surface area contributed by atoms with Crippen molar-refractivity contribution < 1.29 is 9.15 Å². The summed E-state index contributed by atoms with van der Waals surface area (Å²) in [5.74, 6) is 2.55. The minimum Gasteiger partial charge on any atom is -0.493 e. The first-order valence-corrected chi connectivity index (χ1v) is 6.86. The summed E-state index contributed by atoms with van der Waals surface area (Å²) in [7, 11) is 0. The van der Waals surface area contributed by atoms with Gasteiger partial charge in [-0.2, -0.15) is 0 Å². The number of fused-ring (bicyclic) bond motifs is 1. The third-order valence-corrected chi connectivity index (χ3v) is 3.67. The molecular weight excluding hydrogens is 262 g/mol. The molecule has 1 aromatic heterocycles. The third-order valence-electron chi connectivity index (χ3n) is 3.45. The number of hydrogen-bond acceptors (Lipinski definition) is 3. The molecule has 19 heavy (non-hydrogen) atoms. The fraction of sp³-hybridized carbons (Fsp3) is 0.333. The van der Waals surface area contributed by atoms with E-state index in [1.807, 2.05) is 31.2 Å². The minimum atomic E-state index is -0.342. The van der Waals surface area contributed by atoms with Crippen molar-refractivity contribution in [3.8, 4) is 5.75 Å². The quantitative estimate of drug-likeness (QED) is 0.934. The molecule has 0 spiro atoms. The summed E-state index contributed by atoms with van der Waals surface area (Å²) in [5, 5.41) is 0.692. The molecule has 2 aromatic rings. The van der Waals surface area contributed by atoms with Crippen LogP contribution in [0, 0.1) is 0 Å². The zero-order valence-corrected chi connectivity index (χ0v) is 11.5. The van der Waals surface area contributed by atoms with Crippen LogP contribution in [-0.4, -0.2) is 6.61 Å². The molecule has 1 aliphatic rings. The predicted molar refractivity (Wildman–Crippen MR) is 74.8 cm³/mol. The largest absolute Gasteiger partial charge is 0.493 e. The molecule has 0 bridgehead atoms. The second kappa shape index (κ2) is 4.91. The zero-order chi connectivity index (χ0) is 13.4. The lowest BCUT2D eigenvalue weighted by molar-refractivity contribution is 0.350. The Balaban J connectivity index is 2.02. The fourth-order valence-corrected chi connectivity index (χ4v) is 2.68. The maximum Gasteiger partial charge on any atom is 0.127 e. The maximum atomic E-state index is 6.29. The predicted octanol–water partition coefficient (Wildman–Crippen LogP) is 3.48. The van der Waals surface area contributed by atoms with Gasteiger partial charge >= 0.3 is 0 Å². The highest BCUT2D eigenvalue weighted by Gasteiger charge is 2.24. The number of benzene rings is 1. The molecular formula is C15H16ClNO2. The smallest absolute Gasteiger partial charge is 0.127 e.